The topological polar surface area (TPSA) is 46.3 Å². The highest BCUT2D eigenvalue weighted by molar-refractivity contribution is 14.1. The molecule has 1 aromatic carbocycles. The van der Waals surface area contributed by atoms with Gasteiger partial charge in [-0.15, -0.1) is 0 Å². The number of rotatable bonds is 5. The molecule has 0 unspecified atom stereocenters. The highest BCUT2D eigenvalue weighted by atomic mass is 127. The van der Waals surface area contributed by atoms with Crippen LogP contribution in [0.4, 0.5) is 0 Å². The van der Waals surface area contributed by atoms with Gasteiger partial charge in [-0.1, -0.05) is 29.8 Å². The van der Waals surface area contributed by atoms with Gasteiger partial charge in [0.2, 0.25) is 0 Å². The molecule has 0 saturated heterocycles. The molecule has 5 heteroatoms. The first-order chi connectivity index (χ1) is 8.80. The molecule has 0 spiro atoms. The second-order valence-electron chi connectivity index (χ2n) is 5.31. The van der Waals surface area contributed by atoms with Crippen molar-refractivity contribution in [1.82, 2.24) is 4.90 Å². The minimum Gasteiger partial charge on any atom is -0.338 e. The fourth-order valence-corrected chi connectivity index (χ4v) is 2.67. The van der Waals surface area contributed by atoms with Gasteiger partial charge in [-0.05, 0) is 59.7 Å². The number of nitrogens with zero attached hydrogens (tertiary/aromatic N) is 1. The summed E-state index contributed by atoms with van der Waals surface area (Å²) in [6, 6.07) is 5.76. The Bertz CT molecular complexity index is 463. The molecule has 0 atom stereocenters. The SMILES string of the molecule is CCN(CC(C)(C)CN)C(=O)c1cc(Br)ccc1I. The minimum absolute atomic E-state index is 0.0646. The highest BCUT2D eigenvalue weighted by Crippen LogP contribution is 2.22. The van der Waals surface area contributed by atoms with Crippen LogP contribution in [-0.4, -0.2) is 30.4 Å². The van der Waals surface area contributed by atoms with Crippen LogP contribution in [0.3, 0.4) is 0 Å². The Morgan fingerprint density at radius 3 is 2.63 bits per heavy atom. The van der Waals surface area contributed by atoms with E-state index >= 15 is 0 Å². The van der Waals surface area contributed by atoms with Crippen molar-refractivity contribution in [3.8, 4) is 0 Å². The lowest BCUT2D eigenvalue weighted by molar-refractivity contribution is 0.0699. The van der Waals surface area contributed by atoms with Gasteiger partial charge in [0.05, 0.1) is 5.56 Å². The van der Waals surface area contributed by atoms with Crippen LogP contribution < -0.4 is 5.73 Å². The number of hydrogen-bond acceptors (Lipinski definition) is 2. The Labute approximate surface area is 137 Å². The Morgan fingerprint density at radius 2 is 2.11 bits per heavy atom. The Kier molecular flexibility index (Phi) is 6.26. The zero-order valence-electron chi connectivity index (χ0n) is 11.5. The van der Waals surface area contributed by atoms with E-state index in [1.54, 1.807) is 0 Å². The molecule has 0 heterocycles. The number of halogens is 2. The first kappa shape index (κ1) is 16.9. The van der Waals surface area contributed by atoms with E-state index in [1.807, 2.05) is 30.0 Å². The van der Waals surface area contributed by atoms with Crippen molar-refractivity contribution in [3.05, 3.63) is 31.8 Å². The molecule has 0 aliphatic heterocycles. The van der Waals surface area contributed by atoms with E-state index in [0.29, 0.717) is 19.6 Å². The number of amides is 1. The second-order valence-corrected chi connectivity index (χ2v) is 7.39. The molecule has 106 valence electrons. The lowest BCUT2D eigenvalue weighted by Crippen LogP contribution is -2.42. The van der Waals surface area contributed by atoms with Gasteiger partial charge in [-0.2, -0.15) is 0 Å². The largest absolute Gasteiger partial charge is 0.338 e. The van der Waals surface area contributed by atoms with Gasteiger partial charge in [-0.3, -0.25) is 4.79 Å². The molecule has 1 amide bonds. The molecule has 19 heavy (non-hydrogen) atoms. The lowest BCUT2D eigenvalue weighted by Gasteiger charge is -2.31. The number of benzene rings is 1. The minimum atomic E-state index is -0.0664. The van der Waals surface area contributed by atoms with Crippen LogP contribution in [0, 0.1) is 8.99 Å². The van der Waals surface area contributed by atoms with E-state index in [0.717, 1.165) is 13.6 Å². The predicted octanol–water partition coefficient (Wildman–Crippen LogP) is 3.50. The highest BCUT2D eigenvalue weighted by Gasteiger charge is 2.24. The molecule has 1 rings (SSSR count). The molecule has 0 fully saturated rings. The van der Waals surface area contributed by atoms with E-state index in [-0.39, 0.29) is 11.3 Å². The van der Waals surface area contributed by atoms with Gasteiger partial charge in [0, 0.05) is 21.1 Å². The van der Waals surface area contributed by atoms with Crippen LogP contribution in [0.5, 0.6) is 0 Å². The van der Waals surface area contributed by atoms with Gasteiger partial charge < -0.3 is 10.6 Å². The van der Waals surface area contributed by atoms with Crippen molar-refractivity contribution >= 4 is 44.4 Å². The van der Waals surface area contributed by atoms with E-state index in [4.69, 9.17) is 5.73 Å². The zero-order chi connectivity index (χ0) is 14.6. The van der Waals surface area contributed by atoms with Crippen molar-refractivity contribution in [2.45, 2.75) is 20.8 Å². The van der Waals surface area contributed by atoms with Crippen molar-refractivity contribution in [2.24, 2.45) is 11.1 Å². The van der Waals surface area contributed by atoms with Crippen LogP contribution in [-0.2, 0) is 0 Å². The van der Waals surface area contributed by atoms with Crippen LogP contribution in [0.2, 0.25) is 0 Å². The summed E-state index contributed by atoms with van der Waals surface area (Å²) in [5.74, 6) is 0.0646. The standard InChI is InChI=1S/C14H20BrIN2O/c1-4-18(9-14(2,3)8-17)13(19)11-7-10(15)5-6-12(11)16/h5-7H,4,8-9,17H2,1-3H3. The summed E-state index contributed by atoms with van der Waals surface area (Å²) in [4.78, 5) is 14.5. The molecule has 0 bridgehead atoms. The molecular formula is C14H20BrIN2O. The summed E-state index contributed by atoms with van der Waals surface area (Å²) < 4.78 is 1.89. The van der Waals surface area contributed by atoms with Gasteiger partial charge in [0.15, 0.2) is 0 Å². The van der Waals surface area contributed by atoms with Crippen molar-refractivity contribution in [3.63, 3.8) is 0 Å². The number of nitrogens with two attached hydrogens (primary N) is 1. The van der Waals surface area contributed by atoms with E-state index in [2.05, 4.69) is 52.4 Å². The maximum atomic E-state index is 12.6. The summed E-state index contributed by atoms with van der Waals surface area (Å²) in [6.07, 6.45) is 0. The van der Waals surface area contributed by atoms with E-state index in [1.165, 1.54) is 0 Å². The summed E-state index contributed by atoms with van der Waals surface area (Å²) in [5.41, 5.74) is 6.43. The smallest absolute Gasteiger partial charge is 0.254 e. The molecule has 1 aromatic rings. The quantitative estimate of drug-likeness (QED) is 0.715. The molecule has 2 N–H and O–H groups in total. The van der Waals surface area contributed by atoms with Crippen LogP contribution in [0.25, 0.3) is 0 Å². The lowest BCUT2D eigenvalue weighted by atomic mass is 9.93. The average molecular weight is 439 g/mol. The predicted molar refractivity (Wildman–Crippen MR) is 91.3 cm³/mol. The summed E-state index contributed by atoms with van der Waals surface area (Å²) >= 11 is 5.61. The van der Waals surface area contributed by atoms with E-state index in [9.17, 15) is 4.79 Å². The maximum absolute atomic E-state index is 12.6. The Balaban J connectivity index is 2.99. The maximum Gasteiger partial charge on any atom is 0.254 e. The van der Waals surface area contributed by atoms with Crippen molar-refractivity contribution < 1.29 is 4.79 Å². The number of hydrogen-bond donors (Lipinski definition) is 1. The molecular weight excluding hydrogens is 419 g/mol. The van der Waals surface area contributed by atoms with Gasteiger partial charge >= 0.3 is 0 Å². The van der Waals surface area contributed by atoms with Gasteiger partial charge in [0.1, 0.15) is 0 Å². The molecule has 0 radical (unpaired) electrons. The average Bonchev–Trinajstić information content (AvgIpc) is 2.38. The first-order valence-corrected chi connectivity index (χ1v) is 8.12. The van der Waals surface area contributed by atoms with Gasteiger partial charge in [0.25, 0.3) is 5.91 Å². The normalized spacial score (nSPS) is 11.5. The number of carbonyl (C=O) groups excluding carboxylic acids is 1. The van der Waals surface area contributed by atoms with Crippen LogP contribution in [0.15, 0.2) is 22.7 Å². The van der Waals surface area contributed by atoms with Crippen LogP contribution in [0.1, 0.15) is 31.1 Å². The Hall–Kier alpha value is -0.140. The molecule has 0 aliphatic rings. The third-order valence-corrected chi connectivity index (χ3v) is 4.43. The second kappa shape index (κ2) is 7.04. The van der Waals surface area contributed by atoms with Crippen molar-refractivity contribution in [2.75, 3.05) is 19.6 Å². The summed E-state index contributed by atoms with van der Waals surface area (Å²) in [5, 5.41) is 0. The fraction of sp³-hybridized carbons (Fsp3) is 0.500. The molecule has 0 aromatic heterocycles. The third-order valence-electron chi connectivity index (χ3n) is 3.00. The summed E-state index contributed by atoms with van der Waals surface area (Å²) in [6.45, 7) is 8.07. The molecule has 0 saturated carbocycles. The van der Waals surface area contributed by atoms with Gasteiger partial charge in [-0.25, -0.2) is 0 Å². The molecule has 3 nitrogen and oxygen atoms in total. The number of carbonyl (C=O) groups is 1. The Morgan fingerprint density at radius 1 is 1.47 bits per heavy atom. The zero-order valence-corrected chi connectivity index (χ0v) is 15.3. The van der Waals surface area contributed by atoms with Crippen molar-refractivity contribution in [1.29, 1.82) is 0 Å². The fourth-order valence-electron chi connectivity index (χ4n) is 1.74. The monoisotopic (exact) mass is 438 g/mol. The van der Waals surface area contributed by atoms with E-state index < -0.39 is 0 Å². The third kappa shape index (κ3) is 4.72. The first-order valence-electron chi connectivity index (χ1n) is 6.25. The van der Waals surface area contributed by atoms with Crippen LogP contribution >= 0.6 is 38.5 Å². The summed E-state index contributed by atoms with van der Waals surface area (Å²) in [7, 11) is 0. The molecule has 0 aliphatic carbocycles.